The molecule has 2 amide bonds. The van der Waals surface area contributed by atoms with Crippen LogP contribution in [0.2, 0.25) is 0 Å². The Morgan fingerprint density at radius 3 is 1.84 bits per heavy atom. The smallest absolute Gasteiger partial charge is 0.254 e. The second-order valence-electron chi connectivity index (χ2n) is 5.79. The van der Waals surface area contributed by atoms with Crippen molar-refractivity contribution in [2.75, 3.05) is 26.2 Å². The fourth-order valence-electron chi connectivity index (χ4n) is 2.79. The summed E-state index contributed by atoms with van der Waals surface area (Å²) in [4.78, 5) is 27.8. The summed E-state index contributed by atoms with van der Waals surface area (Å²) in [6, 6.07) is 8.75. The summed E-state index contributed by atoms with van der Waals surface area (Å²) < 4.78 is 26.5. The molecule has 1 heterocycles. The van der Waals surface area contributed by atoms with Gasteiger partial charge in [-0.2, -0.15) is 0 Å². The normalized spacial score (nSPS) is 14.5. The Morgan fingerprint density at radius 2 is 1.32 bits per heavy atom. The predicted octanol–water partition coefficient (Wildman–Crippen LogP) is 2.27. The van der Waals surface area contributed by atoms with Crippen LogP contribution in [-0.4, -0.2) is 52.9 Å². The number of halogens is 2. The maximum Gasteiger partial charge on any atom is 0.254 e. The van der Waals surface area contributed by atoms with Crippen molar-refractivity contribution in [2.45, 2.75) is 0 Å². The van der Waals surface area contributed by atoms with Crippen LogP contribution in [0.25, 0.3) is 0 Å². The van der Waals surface area contributed by atoms with E-state index in [4.69, 9.17) is 0 Å². The molecule has 0 aromatic heterocycles. The molecule has 1 N–H and O–H groups in total. The molecule has 3 rings (SSSR count). The Bertz CT molecular complexity index is 797. The van der Waals surface area contributed by atoms with Crippen LogP contribution in [0, 0.1) is 11.6 Å². The van der Waals surface area contributed by atoms with Crippen LogP contribution < -0.4 is 0 Å². The molecular weight excluding hydrogens is 330 g/mol. The molecule has 5 nitrogen and oxygen atoms in total. The lowest BCUT2D eigenvalue weighted by Crippen LogP contribution is -2.50. The minimum absolute atomic E-state index is 0.00722. The van der Waals surface area contributed by atoms with Gasteiger partial charge in [-0.3, -0.25) is 9.59 Å². The lowest BCUT2D eigenvalue weighted by molar-refractivity contribution is 0.0535. The largest absolute Gasteiger partial charge is 0.508 e. The highest BCUT2D eigenvalue weighted by molar-refractivity contribution is 5.96. The van der Waals surface area contributed by atoms with Crippen molar-refractivity contribution >= 4 is 11.8 Å². The number of rotatable bonds is 2. The first-order valence-corrected chi connectivity index (χ1v) is 7.78. The third kappa shape index (κ3) is 3.76. The van der Waals surface area contributed by atoms with Gasteiger partial charge >= 0.3 is 0 Å². The molecule has 7 heteroatoms. The number of aromatic hydroxyl groups is 1. The van der Waals surface area contributed by atoms with Gasteiger partial charge in [-0.25, -0.2) is 8.78 Å². The standard InChI is InChI=1S/C18H16F2N2O3/c19-14-8-13(9-15(20)11-14)18(25)22-6-4-21(5-7-22)17(24)12-2-1-3-16(23)10-12/h1-3,8-11,23H,4-7H2. The number of amides is 2. The molecule has 1 aliphatic rings. The minimum atomic E-state index is -0.805. The molecular formula is C18H16F2N2O3. The van der Waals surface area contributed by atoms with E-state index in [-0.39, 0.29) is 30.3 Å². The molecule has 0 aliphatic carbocycles. The van der Waals surface area contributed by atoms with E-state index in [0.717, 1.165) is 12.1 Å². The zero-order chi connectivity index (χ0) is 18.0. The molecule has 0 saturated carbocycles. The number of piperazine rings is 1. The number of phenols is 1. The molecule has 0 bridgehead atoms. The van der Waals surface area contributed by atoms with Gasteiger partial charge in [-0.05, 0) is 30.3 Å². The molecule has 1 fully saturated rings. The Hall–Kier alpha value is -2.96. The highest BCUT2D eigenvalue weighted by atomic mass is 19.1. The average molecular weight is 346 g/mol. The van der Waals surface area contributed by atoms with Crippen molar-refractivity contribution in [3.63, 3.8) is 0 Å². The maximum atomic E-state index is 13.3. The maximum absolute atomic E-state index is 13.3. The zero-order valence-corrected chi connectivity index (χ0v) is 13.3. The molecule has 130 valence electrons. The van der Waals surface area contributed by atoms with Crippen LogP contribution in [0.4, 0.5) is 8.78 Å². The van der Waals surface area contributed by atoms with E-state index >= 15 is 0 Å². The van der Waals surface area contributed by atoms with Crippen molar-refractivity contribution in [2.24, 2.45) is 0 Å². The van der Waals surface area contributed by atoms with Crippen molar-refractivity contribution < 1.29 is 23.5 Å². The van der Waals surface area contributed by atoms with Gasteiger partial charge in [0.05, 0.1) is 0 Å². The van der Waals surface area contributed by atoms with Gasteiger partial charge in [0.25, 0.3) is 11.8 Å². The Balaban J connectivity index is 1.65. The quantitative estimate of drug-likeness (QED) is 0.907. The molecule has 2 aromatic carbocycles. The van der Waals surface area contributed by atoms with E-state index in [1.54, 1.807) is 17.0 Å². The molecule has 0 radical (unpaired) electrons. The number of hydrogen-bond donors (Lipinski definition) is 1. The molecule has 25 heavy (non-hydrogen) atoms. The number of carbonyl (C=O) groups is 2. The van der Waals surface area contributed by atoms with Crippen LogP contribution in [0.5, 0.6) is 5.75 Å². The number of nitrogens with zero attached hydrogens (tertiary/aromatic N) is 2. The minimum Gasteiger partial charge on any atom is -0.508 e. The number of carbonyl (C=O) groups excluding carboxylic acids is 2. The predicted molar refractivity (Wildman–Crippen MR) is 86.3 cm³/mol. The highest BCUT2D eigenvalue weighted by Crippen LogP contribution is 2.16. The lowest BCUT2D eigenvalue weighted by atomic mass is 10.1. The summed E-state index contributed by atoms with van der Waals surface area (Å²) in [5.74, 6) is -2.31. The topological polar surface area (TPSA) is 60.9 Å². The zero-order valence-electron chi connectivity index (χ0n) is 13.3. The van der Waals surface area contributed by atoms with Gasteiger partial charge in [0.15, 0.2) is 0 Å². The SMILES string of the molecule is O=C(c1cccc(O)c1)N1CCN(C(=O)c2cc(F)cc(F)c2)CC1. The van der Waals surface area contributed by atoms with Crippen LogP contribution in [0.1, 0.15) is 20.7 Å². The van der Waals surface area contributed by atoms with Crippen molar-refractivity contribution in [3.05, 3.63) is 65.2 Å². The summed E-state index contributed by atoms with van der Waals surface area (Å²) in [6.07, 6.45) is 0. The summed E-state index contributed by atoms with van der Waals surface area (Å²) in [6.45, 7) is 1.14. The first-order chi connectivity index (χ1) is 11.9. The first-order valence-electron chi connectivity index (χ1n) is 7.78. The summed E-state index contributed by atoms with van der Waals surface area (Å²) in [5, 5.41) is 9.46. The third-order valence-corrected chi connectivity index (χ3v) is 4.06. The first kappa shape index (κ1) is 16.9. The molecule has 0 unspecified atom stereocenters. The lowest BCUT2D eigenvalue weighted by Gasteiger charge is -2.34. The van der Waals surface area contributed by atoms with E-state index in [1.807, 2.05) is 0 Å². The van der Waals surface area contributed by atoms with Gasteiger partial charge in [-0.15, -0.1) is 0 Å². The molecule has 0 atom stereocenters. The van der Waals surface area contributed by atoms with Crippen molar-refractivity contribution in [1.29, 1.82) is 0 Å². The van der Waals surface area contributed by atoms with Gasteiger partial charge in [0.1, 0.15) is 17.4 Å². The highest BCUT2D eigenvalue weighted by Gasteiger charge is 2.26. The molecule has 1 saturated heterocycles. The molecule has 0 spiro atoms. The van der Waals surface area contributed by atoms with Crippen molar-refractivity contribution in [3.8, 4) is 5.75 Å². The fraction of sp³-hybridized carbons (Fsp3) is 0.222. The Kier molecular flexibility index (Phi) is 4.65. The summed E-state index contributed by atoms with van der Waals surface area (Å²) in [7, 11) is 0. The van der Waals surface area contributed by atoms with Gasteiger partial charge in [0.2, 0.25) is 0 Å². The monoisotopic (exact) mass is 346 g/mol. The van der Waals surface area contributed by atoms with Crippen LogP contribution in [0.15, 0.2) is 42.5 Å². The summed E-state index contributed by atoms with van der Waals surface area (Å²) >= 11 is 0. The second-order valence-corrected chi connectivity index (χ2v) is 5.79. The number of hydrogen-bond acceptors (Lipinski definition) is 3. The van der Waals surface area contributed by atoms with E-state index in [9.17, 15) is 23.5 Å². The van der Waals surface area contributed by atoms with E-state index < -0.39 is 17.5 Å². The van der Waals surface area contributed by atoms with Gasteiger partial charge in [0, 0.05) is 43.4 Å². The second kappa shape index (κ2) is 6.88. The van der Waals surface area contributed by atoms with E-state index in [2.05, 4.69) is 0 Å². The van der Waals surface area contributed by atoms with Gasteiger partial charge in [-0.1, -0.05) is 6.07 Å². The Morgan fingerprint density at radius 1 is 0.800 bits per heavy atom. The van der Waals surface area contributed by atoms with E-state index in [1.165, 1.54) is 17.0 Å². The third-order valence-electron chi connectivity index (χ3n) is 4.06. The number of phenolic OH excluding ortho intramolecular Hbond substituents is 1. The van der Waals surface area contributed by atoms with Crippen LogP contribution in [0.3, 0.4) is 0 Å². The molecule has 2 aromatic rings. The number of benzene rings is 2. The average Bonchev–Trinajstić information content (AvgIpc) is 2.60. The fourth-order valence-corrected chi connectivity index (χ4v) is 2.79. The summed E-state index contributed by atoms with van der Waals surface area (Å²) in [5.41, 5.74) is 0.317. The van der Waals surface area contributed by atoms with Crippen LogP contribution >= 0.6 is 0 Å². The molecule has 1 aliphatic heterocycles. The van der Waals surface area contributed by atoms with Crippen molar-refractivity contribution in [1.82, 2.24) is 9.80 Å². The van der Waals surface area contributed by atoms with Gasteiger partial charge < -0.3 is 14.9 Å². The van der Waals surface area contributed by atoms with Crippen LogP contribution in [-0.2, 0) is 0 Å². The Labute approximate surface area is 143 Å². The van der Waals surface area contributed by atoms with E-state index in [0.29, 0.717) is 24.7 Å².